The van der Waals surface area contributed by atoms with Crippen LogP contribution in [-0.2, 0) is 27.1 Å². The van der Waals surface area contributed by atoms with E-state index in [2.05, 4.69) is 306 Å². The molecular formula is C82H82BN3S2. The van der Waals surface area contributed by atoms with E-state index in [1.807, 2.05) is 22.7 Å². The van der Waals surface area contributed by atoms with E-state index in [-0.39, 0.29) is 39.3 Å². The van der Waals surface area contributed by atoms with Crippen molar-refractivity contribution in [2.45, 2.75) is 155 Å². The maximum absolute atomic E-state index is 2.86. The van der Waals surface area contributed by atoms with Crippen LogP contribution in [-0.4, -0.2) is 12.3 Å². The molecule has 3 aliphatic heterocycles. The van der Waals surface area contributed by atoms with Gasteiger partial charge in [-0.25, -0.2) is 0 Å². The zero-order valence-corrected chi connectivity index (χ0v) is 55.7. The van der Waals surface area contributed by atoms with E-state index >= 15 is 0 Å². The lowest BCUT2D eigenvalue weighted by Gasteiger charge is -2.51. The summed E-state index contributed by atoms with van der Waals surface area (Å²) in [7, 11) is 0. The van der Waals surface area contributed by atoms with Gasteiger partial charge in [-0.3, -0.25) is 0 Å². The third-order valence-corrected chi connectivity index (χ3v) is 23.2. The van der Waals surface area contributed by atoms with E-state index in [1.165, 1.54) is 155 Å². The molecule has 2 aromatic heterocycles. The molecule has 1 fully saturated rings. The Bertz CT molecular complexity index is 4520. The Morgan fingerprint density at radius 1 is 0.386 bits per heavy atom. The molecule has 0 N–H and O–H groups in total. The molecule has 15 rings (SSSR count). The van der Waals surface area contributed by atoms with Crippen LogP contribution in [0.25, 0.3) is 53.6 Å². The molecule has 0 saturated heterocycles. The van der Waals surface area contributed by atoms with Crippen LogP contribution in [0.3, 0.4) is 0 Å². The van der Waals surface area contributed by atoms with Crippen molar-refractivity contribution >= 4 is 110 Å². The van der Waals surface area contributed by atoms with Crippen molar-refractivity contribution in [2.24, 2.45) is 0 Å². The summed E-state index contributed by atoms with van der Waals surface area (Å²) in [5.74, 6) is 0. The predicted molar refractivity (Wildman–Crippen MR) is 385 cm³/mol. The Morgan fingerprint density at radius 2 is 0.898 bits per heavy atom. The average molecular weight is 1180 g/mol. The molecule has 0 amide bonds. The molecule has 1 aliphatic carbocycles. The molecule has 9 aromatic carbocycles. The molecule has 2 unspecified atom stereocenters. The quantitative estimate of drug-likeness (QED) is 0.154. The summed E-state index contributed by atoms with van der Waals surface area (Å²) in [5.41, 5.74) is 25.1. The van der Waals surface area contributed by atoms with Crippen LogP contribution in [0.2, 0.25) is 0 Å². The lowest BCUT2D eigenvalue weighted by molar-refractivity contribution is 0.195. The normalized spacial score (nSPS) is 18.2. The van der Waals surface area contributed by atoms with E-state index < -0.39 is 0 Å². The molecule has 4 aliphatic rings. The second kappa shape index (κ2) is 19.9. The minimum atomic E-state index is -0.235. The standard InChI is InChI=1S/C82H82BN3S2/c1-77(2,3)55-33-37-59(38-34-55)84-67-49-60(86-66-40-32-54(51-26-18-15-19-27-51)44-65(66)81(13)42-24-25-43-82(81,86)14)50-68-71(67)83(75-73(84)61-39-35-57(79(7,8)9)48-70(61)88-75)76-74(64-45-56(78(4,5)6)36-41-69(64)87-76)85(68)72-62(52-28-20-16-21-29-52)46-58(80(10,11)12)47-63(72)53-30-22-17-23-31-53/h15-23,26-41,44-50H,24-25,42-43H2,1-14H3. The molecule has 0 bridgehead atoms. The van der Waals surface area contributed by atoms with Gasteiger partial charge in [-0.15, -0.1) is 22.7 Å². The van der Waals surface area contributed by atoms with Gasteiger partial charge >= 0.3 is 0 Å². The number of rotatable bonds is 6. The first-order chi connectivity index (χ1) is 41.9. The molecule has 11 aromatic rings. The van der Waals surface area contributed by atoms with Crippen LogP contribution in [0, 0.1) is 0 Å². The number of nitrogens with zero attached hydrogens (tertiary/aromatic N) is 3. The Kier molecular flexibility index (Phi) is 12.9. The Labute approximate surface area is 531 Å². The Morgan fingerprint density at radius 3 is 1.49 bits per heavy atom. The first-order valence-corrected chi connectivity index (χ1v) is 33.9. The fourth-order valence-electron chi connectivity index (χ4n) is 15.6. The summed E-state index contributed by atoms with van der Waals surface area (Å²) >= 11 is 4.05. The van der Waals surface area contributed by atoms with E-state index in [0.717, 1.165) is 12.8 Å². The van der Waals surface area contributed by atoms with Crippen molar-refractivity contribution in [1.82, 2.24) is 0 Å². The van der Waals surface area contributed by atoms with Gasteiger partial charge in [0.1, 0.15) is 0 Å². The van der Waals surface area contributed by atoms with Crippen molar-refractivity contribution in [2.75, 3.05) is 14.7 Å². The molecule has 440 valence electrons. The van der Waals surface area contributed by atoms with Crippen LogP contribution in [0.15, 0.2) is 194 Å². The van der Waals surface area contributed by atoms with Gasteiger partial charge < -0.3 is 14.7 Å². The average Bonchev–Trinajstić information content (AvgIpc) is 1.39. The van der Waals surface area contributed by atoms with Gasteiger partial charge in [-0.2, -0.15) is 0 Å². The highest BCUT2D eigenvalue weighted by atomic mass is 32.1. The second-order valence-electron chi connectivity index (χ2n) is 30.5. The molecule has 0 spiro atoms. The lowest BCUT2D eigenvalue weighted by Crippen LogP contribution is -2.60. The first kappa shape index (κ1) is 56.8. The zero-order chi connectivity index (χ0) is 61.2. The van der Waals surface area contributed by atoms with Crippen LogP contribution in [0.4, 0.5) is 45.5 Å². The minimum absolute atomic E-state index is 0.0137. The van der Waals surface area contributed by atoms with E-state index in [1.54, 1.807) is 0 Å². The minimum Gasteiger partial charge on any atom is -0.334 e. The number of fused-ring (bicyclic) bond motifs is 11. The third-order valence-electron chi connectivity index (χ3n) is 20.8. The molecule has 88 heavy (non-hydrogen) atoms. The smallest absolute Gasteiger partial charge is 0.277 e. The number of thiophene rings is 2. The molecule has 5 heterocycles. The van der Waals surface area contributed by atoms with Crippen molar-refractivity contribution < 1.29 is 0 Å². The third kappa shape index (κ3) is 8.76. The highest BCUT2D eigenvalue weighted by Crippen LogP contribution is 2.63. The SMILES string of the molecule is CC(C)(C)c1ccc(N2c3cc(N4c5ccc(-c6ccccc6)cc5C5(C)CCCCC45C)cc4c3B(c3sc5cc(C(C)(C)C)ccc5c32)c2sc3ccc(C(C)(C)C)cc3c2N4c2c(-c3ccccc3)cc(C(C)(C)C)cc2-c2ccccc2)cc1. The van der Waals surface area contributed by atoms with Crippen molar-refractivity contribution in [1.29, 1.82) is 0 Å². The van der Waals surface area contributed by atoms with Crippen LogP contribution in [0.1, 0.15) is 150 Å². The summed E-state index contributed by atoms with van der Waals surface area (Å²) in [6, 6.07) is 76.1. The molecular weight excluding hydrogens is 1100 g/mol. The molecule has 2 atom stereocenters. The van der Waals surface area contributed by atoms with E-state index in [4.69, 9.17) is 0 Å². The van der Waals surface area contributed by atoms with Gasteiger partial charge in [0.25, 0.3) is 6.71 Å². The second-order valence-corrected chi connectivity index (χ2v) is 32.7. The Hall–Kier alpha value is -7.64. The number of anilines is 8. The maximum atomic E-state index is 2.86. The zero-order valence-electron chi connectivity index (χ0n) is 54.0. The first-order valence-electron chi connectivity index (χ1n) is 32.2. The van der Waals surface area contributed by atoms with Gasteiger partial charge in [0.2, 0.25) is 0 Å². The summed E-state index contributed by atoms with van der Waals surface area (Å²) in [4.78, 5) is 8.41. The van der Waals surface area contributed by atoms with Gasteiger partial charge in [0.05, 0.1) is 22.6 Å². The Balaban J connectivity index is 1.14. The number of benzene rings is 9. The summed E-state index contributed by atoms with van der Waals surface area (Å²) in [6.45, 7) is 33.5. The van der Waals surface area contributed by atoms with Crippen LogP contribution < -0.4 is 29.7 Å². The maximum Gasteiger partial charge on any atom is 0.277 e. The van der Waals surface area contributed by atoms with Gasteiger partial charge in [-0.1, -0.05) is 230 Å². The summed E-state index contributed by atoms with van der Waals surface area (Å²) < 4.78 is 5.47. The monoisotopic (exact) mass is 1180 g/mol. The molecule has 0 radical (unpaired) electrons. The molecule has 6 heteroatoms. The highest BCUT2D eigenvalue weighted by Gasteiger charge is 2.58. The van der Waals surface area contributed by atoms with Gasteiger partial charge in [-0.05, 0) is 164 Å². The van der Waals surface area contributed by atoms with Crippen molar-refractivity contribution in [3.8, 4) is 33.4 Å². The van der Waals surface area contributed by atoms with Gasteiger partial charge in [0.15, 0.2) is 0 Å². The highest BCUT2D eigenvalue weighted by molar-refractivity contribution is 7.40. The topological polar surface area (TPSA) is 9.72 Å². The number of hydrogen-bond donors (Lipinski definition) is 0. The summed E-state index contributed by atoms with van der Waals surface area (Å²) in [5, 5.41) is 2.63. The lowest BCUT2D eigenvalue weighted by atomic mass is 9.39. The van der Waals surface area contributed by atoms with Crippen LogP contribution in [0.5, 0.6) is 0 Å². The number of hydrogen-bond acceptors (Lipinski definition) is 5. The molecule has 3 nitrogen and oxygen atoms in total. The largest absolute Gasteiger partial charge is 0.334 e. The predicted octanol–water partition coefficient (Wildman–Crippen LogP) is 22.1. The van der Waals surface area contributed by atoms with E-state index in [0.29, 0.717) is 0 Å². The van der Waals surface area contributed by atoms with Crippen molar-refractivity contribution in [3.05, 3.63) is 222 Å². The summed E-state index contributed by atoms with van der Waals surface area (Å²) in [6.07, 6.45) is 4.61. The fourth-order valence-corrected chi connectivity index (χ4v) is 18.3. The van der Waals surface area contributed by atoms with Gasteiger partial charge in [0, 0.05) is 74.7 Å². The van der Waals surface area contributed by atoms with Crippen LogP contribution >= 0.6 is 22.7 Å². The van der Waals surface area contributed by atoms with E-state index in [9.17, 15) is 0 Å². The molecule has 1 saturated carbocycles. The fraction of sp³-hybridized carbons (Fsp3) is 0.293. The van der Waals surface area contributed by atoms with Crippen molar-refractivity contribution in [3.63, 3.8) is 0 Å².